The van der Waals surface area contributed by atoms with E-state index >= 15 is 0 Å². The molecule has 1 aromatic rings. The molecule has 4 heteroatoms. The Hall–Kier alpha value is -0.450. The number of nitrogens with zero attached hydrogens (tertiary/aromatic N) is 2. The Bertz CT molecular complexity index is 352. The van der Waals surface area contributed by atoms with Gasteiger partial charge in [-0.1, -0.05) is 34.6 Å². The van der Waals surface area contributed by atoms with Crippen LogP contribution in [0.1, 0.15) is 45.3 Å². The van der Waals surface area contributed by atoms with E-state index in [9.17, 15) is 0 Å². The van der Waals surface area contributed by atoms with Crippen molar-refractivity contribution in [2.45, 2.75) is 53.8 Å². The smallest absolute Gasteiger partial charge is 0.107 e. The highest BCUT2D eigenvalue weighted by atomic mass is 32.1. The van der Waals surface area contributed by atoms with Crippen molar-refractivity contribution in [1.29, 1.82) is 0 Å². The van der Waals surface area contributed by atoms with Gasteiger partial charge < -0.3 is 5.32 Å². The maximum Gasteiger partial charge on any atom is 0.107 e. The molecule has 0 bridgehead atoms. The topological polar surface area (TPSA) is 28.2 Å². The lowest BCUT2D eigenvalue weighted by molar-refractivity contribution is 0.219. The van der Waals surface area contributed by atoms with Crippen molar-refractivity contribution in [3.8, 4) is 0 Å². The summed E-state index contributed by atoms with van der Waals surface area (Å²) in [6.07, 6.45) is 0. The summed E-state index contributed by atoms with van der Waals surface area (Å²) in [5, 5.41) is 6.76. The third-order valence-electron chi connectivity index (χ3n) is 2.44. The highest BCUT2D eigenvalue weighted by Crippen LogP contribution is 2.17. The zero-order valence-corrected chi connectivity index (χ0v) is 13.4. The highest BCUT2D eigenvalue weighted by Gasteiger charge is 2.14. The molecule has 18 heavy (non-hydrogen) atoms. The first-order chi connectivity index (χ1) is 8.26. The average Bonchev–Trinajstić information content (AvgIpc) is 2.59. The molecule has 0 fully saturated rings. The van der Waals surface area contributed by atoms with E-state index in [1.165, 1.54) is 10.7 Å². The molecule has 0 saturated heterocycles. The molecule has 0 atom stereocenters. The van der Waals surface area contributed by atoms with Crippen molar-refractivity contribution in [3.05, 3.63) is 16.1 Å². The molecule has 0 spiro atoms. The Balaban J connectivity index is 2.43. The van der Waals surface area contributed by atoms with Crippen LogP contribution in [0.15, 0.2) is 5.38 Å². The Labute approximate surface area is 116 Å². The molecular formula is C14H27N3S. The van der Waals surface area contributed by atoms with Gasteiger partial charge in [0.25, 0.3) is 0 Å². The maximum absolute atomic E-state index is 4.67. The van der Waals surface area contributed by atoms with Crippen molar-refractivity contribution in [2.24, 2.45) is 5.41 Å². The van der Waals surface area contributed by atoms with Crippen LogP contribution in [0.5, 0.6) is 0 Å². The van der Waals surface area contributed by atoms with Gasteiger partial charge in [0, 0.05) is 31.1 Å². The van der Waals surface area contributed by atoms with Crippen LogP contribution >= 0.6 is 11.3 Å². The van der Waals surface area contributed by atoms with Crippen molar-refractivity contribution in [1.82, 2.24) is 15.2 Å². The molecule has 0 radical (unpaired) electrons. The van der Waals surface area contributed by atoms with Crippen LogP contribution in [0.2, 0.25) is 0 Å². The van der Waals surface area contributed by atoms with Crippen LogP contribution in [0.25, 0.3) is 0 Å². The number of hydrogen-bond donors (Lipinski definition) is 1. The van der Waals surface area contributed by atoms with Gasteiger partial charge in [0.2, 0.25) is 0 Å². The van der Waals surface area contributed by atoms with Gasteiger partial charge in [0.1, 0.15) is 5.01 Å². The third kappa shape index (κ3) is 6.47. The van der Waals surface area contributed by atoms with Gasteiger partial charge in [-0.3, -0.25) is 4.90 Å². The molecule has 0 aliphatic rings. The van der Waals surface area contributed by atoms with Crippen LogP contribution in [-0.2, 0) is 13.1 Å². The van der Waals surface area contributed by atoms with Gasteiger partial charge in [0.15, 0.2) is 0 Å². The molecule has 0 unspecified atom stereocenters. The highest BCUT2D eigenvalue weighted by molar-refractivity contribution is 7.09. The second-order valence-corrected chi connectivity index (χ2v) is 7.44. The predicted octanol–water partition coefficient (Wildman–Crippen LogP) is 3.12. The Kier molecular flexibility index (Phi) is 5.76. The molecule has 1 N–H and O–H groups in total. The van der Waals surface area contributed by atoms with Crippen LogP contribution in [0.3, 0.4) is 0 Å². The van der Waals surface area contributed by atoms with Gasteiger partial charge in [-0.2, -0.15) is 0 Å². The Morgan fingerprint density at radius 1 is 1.39 bits per heavy atom. The number of aromatic nitrogens is 1. The third-order valence-corrected chi connectivity index (χ3v) is 3.33. The molecule has 0 aliphatic heterocycles. The van der Waals surface area contributed by atoms with Gasteiger partial charge in [-0.25, -0.2) is 4.98 Å². The minimum atomic E-state index is 0.340. The lowest BCUT2D eigenvalue weighted by atomic mass is 9.96. The van der Waals surface area contributed by atoms with Crippen molar-refractivity contribution >= 4 is 11.3 Å². The molecule has 0 amide bonds. The van der Waals surface area contributed by atoms with Gasteiger partial charge in [-0.05, 0) is 12.5 Å². The lowest BCUT2D eigenvalue weighted by Gasteiger charge is -2.25. The molecular weight excluding hydrogens is 242 g/mol. The first-order valence-corrected chi connectivity index (χ1v) is 7.49. The van der Waals surface area contributed by atoms with Crippen molar-refractivity contribution in [3.63, 3.8) is 0 Å². The van der Waals surface area contributed by atoms with Gasteiger partial charge in [-0.15, -0.1) is 11.3 Å². The summed E-state index contributed by atoms with van der Waals surface area (Å²) in [7, 11) is 2.16. The molecule has 1 aromatic heterocycles. The van der Waals surface area contributed by atoms with E-state index in [4.69, 9.17) is 0 Å². The normalized spacial score (nSPS) is 12.7. The second-order valence-electron chi connectivity index (χ2n) is 6.50. The molecule has 3 nitrogen and oxygen atoms in total. The first-order valence-electron chi connectivity index (χ1n) is 6.61. The van der Waals surface area contributed by atoms with Crippen LogP contribution in [0.4, 0.5) is 0 Å². The van der Waals surface area contributed by atoms with Gasteiger partial charge >= 0.3 is 0 Å². The molecule has 1 rings (SSSR count). The molecule has 0 aromatic carbocycles. The van der Waals surface area contributed by atoms with E-state index in [0.717, 1.165) is 19.6 Å². The summed E-state index contributed by atoms with van der Waals surface area (Å²) in [6.45, 7) is 14.0. The van der Waals surface area contributed by atoms with Crippen LogP contribution in [-0.4, -0.2) is 29.5 Å². The maximum atomic E-state index is 4.67. The van der Waals surface area contributed by atoms with Crippen LogP contribution in [0, 0.1) is 5.41 Å². The summed E-state index contributed by atoms with van der Waals surface area (Å²) in [4.78, 5) is 7.01. The van der Waals surface area contributed by atoms with E-state index in [1.54, 1.807) is 11.3 Å². The lowest BCUT2D eigenvalue weighted by Crippen LogP contribution is -2.29. The summed E-state index contributed by atoms with van der Waals surface area (Å²) in [5.74, 6) is 0. The monoisotopic (exact) mass is 269 g/mol. The van der Waals surface area contributed by atoms with E-state index < -0.39 is 0 Å². The molecule has 0 saturated carbocycles. The van der Waals surface area contributed by atoms with Crippen LogP contribution < -0.4 is 5.32 Å². The van der Waals surface area contributed by atoms with E-state index in [0.29, 0.717) is 11.5 Å². The van der Waals surface area contributed by atoms with E-state index in [-0.39, 0.29) is 0 Å². The SMILES string of the molecule is CC(C)NCc1nc(CN(C)CC(C)(C)C)cs1. The van der Waals surface area contributed by atoms with E-state index in [1.807, 2.05) is 0 Å². The Morgan fingerprint density at radius 3 is 2.61 bits per heavy atom. The predicted molar refractivity (Wildman–Crippen MR) is 79.9 cm³/mol. The fourth-order valence-corrected chi connectivity index (χ4v) is 2.67. The standard InChI is InChI=1S/C14H27N3S/c1-11(2)15-7-13-16-12(9-18-13)8-17(6)10-14(3,4)5/h9,11,15H,7-8,10H2,1-6H3. The summed E-state index contributed by atoms with van der Waals surface area (Å²) in [6, 6.07) is 0.515. The first kappa shape index (κ1) is 15.6. The van der Waals surface area contributed by atoms with Crippen molar-refractivity contribution in [2.75, 3.05) is 13.6 Å². The second kappa shape index (κ2) is 6.64. The Morgan fingerprint density at radius 2 is 2.06 bits per heavy atom. The van der Waals surface area contributed by atoms with Crippen molar-refractivity contribution < 1.29 is 0 Å². The zero-order valence-electron chi connectivity index (χ0n) is 12.6. The number of rotatable bonds is 6. The largest absolute Gasteiger partial charge is 0.308 e. The molecule has 104 valence electrons. The number of thiazole rings is 1. The fourth-order valence-electron chi connectivity index (χ4n) is 1.94. The fraction of sp³-hybridized carbons (Fsp3) is 0.786. The minimum Gasteiger partial charge on any atom is -0.308 e. The zero-order chi connectivity index (χ0) is 13.8. The quantitative estimate of drug-likeness (QED) is 0.860. The molecule has 1 heterocycles. The minimum absolute atomic E-state index is 0.340. The number of nitrogens with one attached hydrogen (secondary N) is 1. The summed E-state index contributed by atoms with van der Waals surface area (Å²) >= 11 is 1.75. The van der Waals surface area contributed by atoms with Gasteiger partial charge in [0.05, 0.1) is 5.69 Å². The van der Waals surface area contributed by atoms with E-state index in [2.05, 4.69) is 62.2 Å². The average molecular weight is 269 g/mol. The number of hydrogen-bond acceptors (Lipinski definition) is 4. The summed E-state index contributed by atoms with van der Waals surface area (Å²) in [5.41, 5.74) is 1.53. The molecule has 0 aliphatic carbocycles. The summed E-state index contributed by atoms with van der Waals surface area (Å²) < 4.78 is 0.